The van der Waals surface area contributed by atoms with Crippen molar-refractivity contribution >= 4 is 16.9 Å². The maximum absolute atomic E-state index is 12.7. The highest BCUT2D eigenvalue weighted by Crippen LogP contribution is 2.21. The summed E-state index contributed by atoms with van der Waals surface area (Å²) in [5.41, 5.74) is 3.11. The van der Waals surface area contributed by atoms with Gasteiger partial charge in [0.05, 0.1) is 11.0 Å². The van der Waals surface area contributed by atoms with E-state index >= 15 is 0 Å². The summed E-state index contributed by atoms with van der Waals surface area (Å²) in [6.45, 7) is 1.72. The lowest BCUT2D eigenvalue weighted by molar-refractivity contribution is -0.133. The summed E-state index contributed by atoms with van der Waals surface area (Å²) >= 11 is 0. The van der Waals surface area contributed by atoms with Crippen LogP contribution in [0, 0.1) is 5.92 Å². The minimum absolute atomic E-state index is 0.233. The molecule has 0 spiro atoms. The van der Waals surface area contributed by atoms with E-state index in [1.54, 1.807) is 0 Å². The quantitative estimate of drug-likeness (QED) is 0.769. The predicted octanol–water partition coefficient (Wildman–Crippen LogP) is 3.37. The molecule has 26 heavy (non-hydrogen) atoms. The Morgan fingerprint density at radius 3 is 2.92 bits per heavy atom. The molecule has 5 heteroatoms. The molecule has 1 N–H and O–H groups in total. The van der Waals surface area contributed by atoms with Crippen molar-refractivity contribution in [2.75, 3.05) is 13.1 Å². The molecule has 3 heterocycles. The van der Waals surface area contributed by atoms with Crippen molar-refractivity contribution in [1.29, 1.82) is 0 Å². The number of nitrogens with one attached hydrogen (secondary N) is 1. The zero-order valence-electron chi connectivity index (χ0n) is 14.9. The first-order valence-corrected chi connectivity index (χ1v) is 9.39. The van der Waals surface area contributed by atoms with Gasteiger partial charge < -0.3 is 9.88 Å². The molecular formula is C21H24N4O. The van der Waals surface area contributed by atoms with Crippen molar-refractivity contribution in [3.05, 3.63) is 60.2 Å². The van der Waals surface area contributed by atoms with Gasteiger partial charge in [0.25, 0.3) is 0 Å². The lowest BCUT2D eigenvalue weighted by atomic mass is 9.93. The summed E-state index contributed by atoms with van der Waals surface area (Å²) in [5, 5.41) is 0. The van der Waals surface area contributed by atoms with Gasteiger partial charge in [0, 0.05) is 37.8 Å². The molecule has 0 aliphatic carbocycles. The number of nitrogens with zero attached hydrogens (tertiary/aromatic N) is 3. The fourth-order valence-electron chi connectivity index (χ4n) is 3.78. The monoisotopic (exact) mass is 348 g/mol. The summed E-state index contributed by atoms with van der Waals surface area (Å²) in [4.78, 5) is 27.0. The van der Waals surface area contributed by atoms with Gasteiger partial charge in [-0.1, -0.05) is 18.2 Å². The highest BCUT2D eigenvalue weighted by atomic mass is 16.2. The van der Waals surface area contributed by atoms with Crippen LogP contribution in [0.2, 0.25) is 0 Å². The zero-order chi connectivity index (χ0) is 17.8. The van der Waals surface area contributed by atoms with Crippen LogP contribution in [0.4, 0.5) is 0 Å². The molecule has 1 saturated heterocycles. The predicted molar refractivity (Wildman–Crippen MR) is 102 cm³/mol. The minimum Gasteiger partial charge on any atom is -0.342 e. The van der Waals surface area contributed by atoms with Gasteiger partial charge in [0.1, 0.15) is 5.82 Å². The van der Waals surface area contributed by atoms with Gasteiger partial charge in [-0.25, -0.2) is 4.98 Å². The summed E-state index contributed by atoms with van der Waals surface area (Å²) in [5.74, 6) is 1.63. The number of aromatic nitrogens is 3. The number of benzene rings is 1. The second-order valence-corrected chi connectivity index (χ2v) is 7.07. The highest BCUT2D eigenvalue weighted by molar-refractivity contribution is 5.77. The molecule has 2 aromatic heterocycles. The molecule has 1 fully saturated rings. The number of para-hydroxylation sites is 2. The standard InChI is InChI=1S/C21H24N4O/c26-21(11-10-20-23-18-8-1-2-9-19(18)24-20)25-13-5-6-16(15-25)14-17-7-3-4-12-22-17/h1-4,7-9,12,16H,5-6,10-11,13-15H2,(H,23,24)/t16-/m0/s1. The van der Waals surface area contributed by atoms with E-state index in [2.05, 4.69) is 21.0 Å². The number of likely N-dealkylation sites (tertiary alicyclic amines) is 1. The Kier molecular flexibility index (Phi) is 4.95. The third-order valence-electron chi connectivity index (χ3n) is 5.11. The van der Waals surface area contributed by atoms with Crippen molar-refractivity contribution in [3.63, 3.8) is 0 Å². The smallest absolute Gasteiger partial charge is 0.223 e. The summed E-state index contributed by atoms with van der Waals surface area (Å²) in [6.07, 6.45) is 6.21. The van der Waals surface area contributed by atoms with Crippen molar-refractivity contribution in [2.24, 2.45) is 5.92 Å². The number of carbonyl (C=O) groups is 1. The molecular weight excluding hydrogens is 324 g/mol. The van der Waals surface area contributed by atoms with Crippen LogP contribution in [0.15, 0.2) is 48.7 Å². The first-order valence-electron chi connectivity index (χ1n) is 9.39. The molecule has 1 aromatic carbocycles. The average molecular weight is 348 g/mol. The van der Waals surface area contributed by atoms with E-state index in [1.807, 2.05) is 47.5 Å². The Bertz CT molecular complexity index is 841. The van der Waals surface area contributed by atoms with Crippen molar-refractivity contribution in [2.45, 2.75) is 32.1 Å². The van der Waals surface area contributed by atoms with Crippen molar-refractivity contribution < 1.29 is 4.79 Å². The Balaban J connectivity index is 1.32. The van der Waals surface area contributed by atoms with Crippen LogP contribution in [-0.2, 0) is 17.6 Å². The normalized spacial score (nSPS) is 17.5. The topological polar surface area (TPSA) is 61.9 Å². The van der Waals surface area contributed by atoms with Gasteiger partial charge in [-0.05, 0) is 49.4 Å². The van der Waals surface area contributed by atoms with Crippen molar-refractivity contribution in [1.82, 2.24) is 19.9 Å². The molecule has 3 aromatic rings. The molecule has 1 amide bonds. The lowest BCUT2D eigenvalue weighted by Gasteiger charge is -2.32. The van der Waals surface area contributed by atoms with Crippen LogP contribution < -0.4 is 0 Å². The largest absolute Gasteiger partial charge is 0.342 e. The van der Waals surface area contributed by atoms with Crippen LogP contribution in [0.5, 0.6) is 0 Å². The lowest BCUT2D eigenvalue weighted by Crippen LogP contribution is -2.40. The Morgan fingerprint density at radius 1 is 1.19 bits per heavy atom. The van der Waals surface area contributed by atoms with Gasteiger partial charge in [-0.2, -0.15) is 0 Å². The first kappa shape index (κ1) is 16.8. The molecule has 4 rings (SSSR count). The van der Waals surface area contributed by atoms with Gasteiger partial charge in [-0.3, -0.25) is 9.78 Å². The maximum Gasteiger partial charge on any atom is 0.223 e. The van der Waals surface area contributed by atoms with E-state index in [0.29, 0.717) is 18.8 Å². The number of piperidine rings is 1. The van der Waals surface area contributed by atoms with E-state index < -0.39 is 0 Å². The fourth-order valence-corrected chi connectivity index (χ4v) is 3.78. The Hall–Kier alpha value is -2.69. The molecule has 1 aliphatic rings. The number of amides is 1. The van der Waals surface area contributed by atoms with E-state index in [9.17, 15) is 4.79 Å². The van der Waals surface area contributed by atoms with Crippen LogP contribution in [0.3, 0.4) is 0 Å². The third-order valence-corrected chi connectivity index (χ3v) is 5.11. The van der Waals surface area contributed by atoms with Crippen molar-refractivity contribution in [3.8, 4) is 0 Å². The second-order valence-electron chi connectivity index (χ2n) is 7.07. The average Bonchev–Trinajstić information content (AvgIpc) is 3.10. The van der Waals surface area contributed by atoms with Crippen LogP contribution in [0.25, 0.3) is 11.0 Å². The number of aromatic amines is 1. The molecule has 134 valence electrons. The van der Waals surface area contributed by atoms with E-state index in [-0.39, 0.29) is 5.91 Å². The summed E-state index contributed by atoms with van der Waals surface area (Å²) in [7, 11) is 0. The van der Waals surface area contributed by atoms with Gasteiger partial charge in [-0.15, -0.1) is 0 Å². The maximum atomic E-state index is 12.7. The Labute approximate surface area is 153 Å². The Morgan fingerprint density at radius 2 is 2.08 bits per heavy atom. The number of H-pyrrole nitrogens is 1. The van der Waals surface area contributed by atoms with Crippen LogP contribution in [0.1, 0.15) is 30.8 Å². The zero-order valence-corrected chi connectivity index (χ0v) is 14.9. The number of fused-ring (bicyclic) bond motifs is 1. The molecule has 0 unspecified atom stereocenters. The van der Waals surface area contributed by atoms with E-state index in [0.717, 1.165) is 48.5 Å². The van der Waals surface area contributed by atoms with Gasteiger partial charge in [0.2, 0.25) is 5.91 Å². The molecule has 1 atom stereocenters. The number of imidazole rings is 1. The minimum atomic E-state index is 0.233. The number of carbonyl (C=O) groups excluding carboxylic acids is 1. The first-order chi connectivity index (χ1) is 12.8. The van der Waals surface area contributed by atoms with E-state index in [4.69, 9.17) is 0 Å². The van der Waals surface area contributed by atoms with Crippen LogP contribution >= 0.6 is 0 Å². The summed E-state index contributed by atoms with van der Waals surface area (Å²) in [6, 6.07) is 14.0. The molecule has 5 nitrogen and oxygen atoms in total. The fraction of sp³-hybridized carbons (Fsp3) is 0.381. The molecule has 0 saturated carbocycles. The number of rotatable bonds is 5. The summed E-state index contributed by atoms with van der Waals surface area (Å²) < 4.78 is 0. The number of hydrogen-bond donors (Lipinski definition) is 1. The SMILES string of the molecule is O=C(CCc1nc2ccccc2[nH]1)N1CCC[C@@H](Cc2ccccn2)C1. The molecule has 0 bridgehead atoms. The highest BCUT2D eigenvalue weighted by Gasteiger charge is 2.24. The van der Waals surface area contributed by atoms with Crippen LogP contribution in [-0.4, -0.2) is 38.8 Å². The number of pyridine rings is 1. The number of aryl methyl sites for hydroxylation is 1. The van der Waals surface area contributed by atoms with Gasteiger partial charge in [0.15, 0.2) is 0 Å². The van der Waals surface area contributed by atoms with Gasteiger partial charge >= 0.3 is 0 Å². The third kappa shape index (κ3) is 3.93. The second kappa shape index (κ2) is 7.68. The molecule has 1 aliphatic heterocycles. The van der Waals surface area contributed by atoms with E-state index in [1.165, 1.54) is 6.42 Å². The molecule has 0 radical (unpaired) electrons. The number of hydrogen-bond acceptors (Lipinski definition) is 3.